The van der Waals surface area contributed by atoms with Crippen LogP contribution >= 0.6 is 0 Å². The number of hydrogen-bond acceptors (Lipinski definition) is 2. The second-order valence-electron chi connectivity index (χ2n) is 7.42. The van der Waals surface area contributed by atoms with Gasteiger partial charge in [0, 0.05) is 12.8 Å². The Morgan fingerprint density at radius 3 is 2.58 bits per heavy atom. The Bertz CT molecular complexity index is 338. The molecule has 1 N–H and O–H groups in total. The number of carbonyl (C=O) groups is 1. The van der Waals surface area contributed by atoms with Gasteiger partial charge in [-0.15, -0.1) is 0 Å². The third-order valence-electron chi connectivity index (χ3n) is 6.29. The van der Waals surface area contributed by atoms with Crippen molar-refractivity contribution in [3.8, 4) is 0 Å². The summed E-state index contributed by atoms with van der Waals surface area (Å²) in [6, 6.07) is 0. The van der Waals surface area contributed by atoms with Crippen LogP contribution in [0.5, 0.6) is 0 Å². The molecule has 3 aliphatic carbocycles. The first-order valence-electron chi connectivity index (χ1n) is 8.35. The Morgan fingerprint density at radius 1 is 0.895 bits per heavy atom. The van der Waals surface area contributed by atoms with Gasteiger partial charge in [0.05, 0.1) is 6.10 Å². The van der Waals surface area contributed by atoms with Crippen molar-refractivity contribution in [2.45, 2.75) is 70.8 Å². The van der Waals surface area contributed by atoms with Crippen LogP contribution in [-0.2, 0) is 4.79 Å². The predicted octanol–water partition coefficient (Wildman–Crippen LogP) is 3.57. The fourth-order valence-electron chi connectivity index (χ4n) is 5.25. The molecule has 0 saturated heterocycles. The molecule has 0 spiro atoms. The van der Waals surface area contributed by atoms with Crippen molar-refractivity contribution in [2.75, 3.05) is 0 Å². The summed E-state index contributed by atoms with van der Waals surface area (Å²) in [5.41, 5.74) is 0. The van der Waals surface area contributed by atoms with Crippen molar-refractivity contribution in [1.82, 2.24) is 0 Å². The summed E-state index contributed by atoms with van der Waals surface area (Å²) >= 11 is 0. The molecule has 2 nitrogen and oxygen atoms in total. The van der Waals surface area contributed by atoms with E-state index >= 15 is 0 Å². The third kappa shape index (κ3) is 2.74. The van der Waals surface area contributed by atoms with Gasteiger partial charge < -0.3 is 5.11 Å². The van der Waals surface area contributed by atoms with Gasteiger partial charge in [-0.1, -0.05) is 13.3 Å². The molecule has 3 rings (SSSR count). The van der Waals surface area contributed by atoms with E-state index in [1.165, 1.54) is 25.7 Å². The highest BCUT2D eigenvalue weighted by atomic mass is 16.3. The number of Topliss-reactive ketones (excluding diaryl/α,β-unsaturated/α-hetero) is 1. The van der Waals surface area contributed by atoms with Crippen LogP contribution in [0.25, 0.3) is 0 Å². The van der Waals surface area contributed by atoms with E-state index in [-0.39, 0.29) is 6.10 Å². The van der Waals surface area contributed by atoms with Crippen LogP contribution in [0.3, 0.4) is 0 Å². The molecule has 0 aliphatic heterocycles. The fraction of sp³-hybridized carbons (Fsp3) is 0.941. The second-order valence-corrected chi connectivity index (χ2v) is 7.42. The lowest BCUT2D eigenvalue weighted by Gasteiger charge is -2.42. The minimum absolute atomic E-state index is 0.0800. The lowest BCUT2D eigenvalue weighted by atomic mass is 9.62. The molecule has 3 aliphatic rings. The van der Waals surface area contributed by atoms with Gasteiger partial charge in [0.2, 0.25) is 0 Å². The van der Waals surface area contributed by atoms with Crippen LogP contribution in [-0.4, -0.2) is 17.0 Å². The van der Waals surface area contributed by atoms with E-state index in [0.717, 1.165) is 49.9 Å². The highest BCUT2D eigenvalue weighted by Gasteiger charge is 2.45. The average Bonchev–Trinajstić information content (AvgIpc) is 2.77. The Kier molecular flexibility index (Phi) is 3.98. The summed E-state index contributed by atoms with van der Waals surface area (Å²) in [4.78, 5) is 11.8. The molecule has 3 fully saturated rings. The van der Waals surface area contributed by atoms with Crippen molar-refractivity contribution in [2.24, 2.45) is 29.6 Å². The molecule has 0 aromatic carbocycles. The van der Waals surface area contributed by atoms with Crippen molar-refractivity contribution in [3.63, 3.8) is 0 Å². The lowest BCUT2D eigenvalue weighted by Crippen LogP contribution is -2.35. The Morgan fingerprint density at radius 2 is 1.74 bits per heavy atom. The van der Waals surface area contributed by atoms with Gasteiger partial charge in [-0.3, -0.25) is 4.79 Å². The van der Waals surface area contributed by atoms with E-state index in [1.54, 1.807) is 0 Å². The zero-order valence-electron chi connectivity index (χ0n) is 12.2. The minimum Gasteiger partial charge on any atom is -0.393 e. The molecule has 0 amide bonds. The standard InChI is InChI=1S/C17H28O2/c1-11-5-7-13(18)3-2-4-16-15(11)8-6-12-9-14(19)10-17(12)16/h11-13,15-18H,2-10H2,1H3. The number of ketones is 1. The molecule has 6 atom stereocenters. The largest absolute Gasteiger partial charge is 0.393 e. The maximum atomic E-state index is 11.8. The summed E-state index contributed by atoms with van der Waals surface area (Å²) in [6.07, 6.45) is 9.80. The molecule has 2 heteroatoms. The van der Waals surface area contributed by atoms with Crippen LogP contribution in [0, 0.1) is 29.6 Å². The lowest BCUT2D eigenvalue weighted by molar-refractivity contribution is -0.117. The second kappa shape index (κ2) is 5.55. The van der Waals surface area contributed by atoms with Gasteiger partial charge in [-0.2, -0.15) is 0 Å². The van der Waals surface area contributed by atoms with Crippen LogP contribution < -0.4 is 0 Å². The molecule has 19 heavy (non-hydrogen) atoms. The van der Waals surface area contributed by atoms with Crippen LogP contribution in [0.4, 0.5) is 0 Å². The molecule has 0 heterocycles. The maximum Gasteiger partial charge on any atom is 0.133 e. The smallest absolute Gasteiger partial charge is 0.133 e. The Hall–Kier alpha value is -0.370. The van der Waals surface area contributed by atoms with Crippen molar-refractivity contribution >= 4 is 5.78 Å². The monoisotopic (exact) mass is 264 g/mol. The highest BCUT2D eigenvalue weighted by molar-refractivity contribution is 5.81. The van der Waals surface area contributed by atoms with Crippen molar-refractivity contribution in [3.05, 3.63) is 0 Å². The first-order valence-corrected chi connectivity index (χ1v) is 8.35. The van der Waals surface area contributed by atoms with Gasteiger partial charge in [0.1, 0.15) is 5.78 Å². The molecule has 0 bridgehead atoms. The summed E-state index contributed by atoms with van der Waals surface area (Å²) in [7, 11) is 0. The van der Waals surface area contributed by atoms with E-state index in [4.69, 9.17) is 0 Å². The van der Waals surface area contributed by atoms with Crippen molar-refractivity contribution in [1.29, 1.82) is 0 Å². The van der Waals surface area contributed by atoms with E-state index in [1.807, 2.05) is 0 Å². The maximum absolute atomic E-state index is 11.8. The molecular weight excluding hydrogens is 236 g/mol. The average molecular weight is 264 g/mol. The SMILES string of the molecule is CC1CCC(O)CCCC2C1CCC1CC(=O)CC12. The zero-order chi connectivity index (χ0) is 13.4. The van der Waals surface area contributed by atoms with Crippen LogP contribution in [0.2, 0.25) is 0 Å². The molecule has 0 aromatic heterocycles. The quantitative estimate of drug-likeness (QED) is 0.726. The van der Waals surface area contributed by atoms with Gasteiger partial charge in [0.15, 0.2) is 0 Å². The number of fused-ring (bicyclic) bond motifs is 3. The summed E-state index contributed by atoms with van der Waals surface area (Å²) in [5, 5.41) is 9.97. The fourth-order valence-corrected chi connectivity index (χ4v) is 5.25. The highest BCUT2D eigenvalue weighted by Crippen LogP contribution is 2.51. The number of carbonyl (C=O) groups excluding carboxylic acids is 1. The minimum atomic E-state index is -0.0800. The third-order valence-corrected chi connectivity index (χ3v) is 6.29. The van der Waals surface area contributed by atoms with Crippen molar-refractivity contribution < 1.29 is 9.90 Å². The topological polar surface area (TPSA) is 37.3 Å². The number of rotatable bonds is 0. The molecule has 108 valence electrons. The number of aliphatic hydroxyl groups excluding tert-OH is 1. The van der Waals surface area contributed by atoms with E-state index in [2.05, 4.69) is 6.92 Å². The predicted molar refractivity (Wildman–Crippen MR) is 75.7 cm³/mol. The molecular formula is C17H28O2. The van der Waals surface area contributed by atoms with Crippen LogP contribution in [0.15, 0.2) is 0 Å². The summed E-state index contributed by atoms with van der Waals surface area (Å²) in [6.45, 7) is 2.38. The Labute approximate surface area is 117 Å². The Balaban J connectivity index is 1.77. The zero-order valence-corrected chi connectivity index (χ0v) is 12.2. The van der Waals surface area contributed by atoms with Gasteiger partial charge in [-0.05, 0) is 68.1 Å². The van der Waals surface area contributed by atoms with E-state index < -0.39 is 0 Å². The molecule has 6 unspecified atom stereocenters. The molecule has 0 aromatic rings. The molecule has 0 radical (unpaired) electrons. The van der Waals surface area contributed by atoms with Crippen LogP contribution in [0.1, 0.15) is 64.7 Å². The van der Waals surface area contributed by atoms with E-state index in [0.29, 0.717) is 17.6 Å². The van der Waals surface area contributed by atoms with Gasteiger partial charge >= 0.3 is 0 Å². The van der Waals surface area contributed by atoms with E-state index in [9.17, 15) is 9.90 Å². The van der Waals surface area contributed by atoms with Gasteiger partial charge in [-0.25, -0.2) is 0 Å². The number of aliphatic hydroxyl groups is 1. The first-order chi connectivity index (χ1) is 9.15. The normalized spacial score (nSPS) is 47.8. The summed E-state index contributed by atoms with van der Waals surface area (Å²) in [5.74, 6) is 4.22. The number of hydrogen-bond donors (Lipinski definition) is 1. The molecule has 3 saturated carbocycles. The first kappa shape index (κ1) is 13.6. The summed E-state index contributed by atoms with van der Waals surface area (Å²) < 4.78 is 0. The van der Waals surface area contributed by atoms with Gasteiger partial charge in [0.25, 0.3) is 0 Å².